The lowest BCUT2D eigenvalue weighted by Gasteiger charge is -2.37. The van der Waals surface area contributed by atoms with Gasteiger partial charge in [-0.3, -0.25) is 0 Å². The van der Waals surface area contributed by atoms with Crippen molar-refractivity contribution in [1.82, 2.24) is 4.98 Å². The van der Waals surface area contributed by atoms with Gasteiger partial charge >= 0.3 is 0 Å². The van der Waals surface area contributed by atoms with E-state index in [1.807, 2.05) is 0 Å². The molecule has 5 heteroatoms. The first kappa shape index (κ1) is 14.7. The molecule has 0 radical (unpaired) electrons. The number of anilines is 2. The van der Waals surface area contributed by atoms with Crippen molar-refractivity contribution in [3.05, 3.63) is 40.3 Å². The molecule has 0 amide bonds. The predicted molar refractivity (Wildman–Crippen MR) is 91.9 cm³/mol. The summed E-state index contributed by atoms with van der Waals surface area (Å²) in [5, 5.41) is 3.26. The molecule has 0 aliphatic carbocycles. The Kier molecular flexibility index (Phi) is 4.66. The maximum absolute atomic E-state index is 5.80. The molecule has 0 atom stereocenters. The molecule has 3 rings (SSSR count). The Morgan fingerprint density at radius 2 is 2.05 bits per heavy atom. The molecule has 1 aliphatic rings. The summed E-state index contributed by atoms with van der Waals surface area (Å²) in [5.74, 6) is 0.516. The third kappa shape index (κ3) is 3.33. The van der Waals surface area contributed by atoms with Crippen LogP contribution in [0.4, 0.5) is 11.4 Å². The Labute approximate surface area is 135 Å². The van der Waals surface area contributed by atoms with Gasteiger partial charge in [-0.25, -0.2) is 4.98 Å². The number of nitrogens with zero attached hydrogens (tertiary/aromatic N) is 3. The minimum atomic E-state index is 0.516. The number of rotatable bonds is 5. The number of thiazole rings is 1. The molecule has 0 saturated heterocycles. The van der Waals surface area contributed by atoms with Gasteiger partial charge < -0.3 is 9.80 Å². The molecule has 1 aromatic carbocycles. The van der Waals surface area contributed by atoms with Crippen LogP contribution in [-0.2, 0) is 12.3 Å². The van der Waals surface area contributed by atoms with Crippen molar-refractivity contribution in [3.63, 3.8) is 0 Å². The van der Waals surface area contributed by atoms with Gasteiger partial charge in [-0.15, -0.1) is 22.9 Å². The smallest absolute Gasteiger partial charge is 0.0929 e. The molecule has 0 bridgehead atoms. The number of alkyl halides is 1. The Morgan fingerprint density at radius 3 is 2.81 bits per heavy atom. The first-order valence-corrected chi connectivity index (χ1v) is 8.73. The van der Waals surface area contributed by atoms with Crippen LogP contribution in [0.25, 0.3) is 0 Å². The summed E-state index contributed by atoms with van der Waals surface area (Å²) in [6.45, 7) is 3.27. The molecule has 112 valence electrons. The van der Waals surface area contributed by atoms with Crippen LogP contribution in [0.5, 0.6) is 0 Å². The normalized spacial score (nSPS) is 14.4. The van der Waals surface area contributed by atoms with E-state index in [1.165, 1.54) is 16.4 Å². The van der Waals surface area contributed by atoms with Gasteiger partial charge in [0.1, 0.15) is 0 Å². The second kappa shape index (κ2) is 6.67. The highest BCUT2D eigenvalue weighted by molar-refractivity contribution is 7.09. The van der Waals surface area contributed by atoms with Crippen molar-refractivity contribution in [1.29, 1.82) is 0 Å². The van der Waals surface area contributed by atoms with E-state index in [4.69, 9.17) is 11.6 Å². The van der Waals surface area contributed by atoms with Crippen LogP contribution in [0.3, 0.4) is 0 Å². The lowest BCUT2D eigenvalue weighted by molar-refractivity contribution is 0.694. The van der Waals surface area contributed by atoms with Gasteiger partial charge in [-0.2, -0.15) is 0 Å². The molecular weight excluding hydrogens is 302 g/mol. The maximum atomic E-state index is 5.80. The fourth-order valence-corrected chi connectivity index (χ4v) is 3.81. The van der Waals surface area contributed by atoms with Gasteiger partial charge in [0.05, 0.1) is 28.0 Å². The molecule has 0 saturated carbocycles. The Bertz CT molecular complexity index is 599. The number of aryl methyl sites for hydroxylation is 1. The number of para-hydroxylation sites is 2. The molecule has 0 fully saturated rings. The van der Waals surface area contributed by atoms with E-state index in [0.717, 1.165) is 38.2 Å². The van der Waals surface area contributed by atoms with Crippen LogP contribution in [0, 0.1) is 0 Å². The van der Waals surface area contributed by atoms with Gasteiger partial charge in [-0.05, 0) is 18.6 Å². The number of hydrogen-bond donors (Lipinski definition) is 0. The topological polar surface area (TPSA) is 19.4 Å². The Balaban J connectivity index is 1.60. The lowest BCUT2D eigenvalue weighted by atomic mass is 10.1. The summed E-state index contributed by atoms with van der Waals surface area (Å²) < 4.78 is 0. The molecule has 0 unspecified atom stereocenters. The van der Waals surface area contributed by atoms with E-state index < -0.39 is 0 Å². The number of hydrogen-bond acceptors (Lipinski definition) is 4. The molecule has 1 aliphatic heterocycles. The standard InChI is InChI=1S/C16H20ClN3S/c1-19-9-10-20(15-6-3-2-5-14(15)19)8-4-7-16-18-13(11-17)12-21-16/h2-3,5-6,12H,4,7-11H2,1H3. The molecule has 0 N–H and O–H groups in total. The van der Waals surface area contributed by atoms with Gasteiger partial charge in [-0.1, -0.05) is 12.1 Å². The highest BCUT2D eigenvalue weighted by atomic mass is 35.5. The SMILES string of the molecule is CN1CCN(CCCc2nc(CCl)cs2)c2ccccc21. The van der Waals surface area contributed by atoms with Crippen LogP contribution >= 0.6 is 22.9 Å². The van der Waals surface area contributed by atoms with Crippen molar-refractivity contribution in [3.8, 4) is 0 Å². The number of aromatic nitrogens is 1. The zero-order chi connectivity index (χ0) is 14.7. The highest BCUT2D eigenvalue weighted by Crippen LogP contribution is 2.31. The van der Waals surface area contributed by atoms with Gasteiger partial charge in [0, 0.05) is 38.5 Å². The summed E-state index contributed by atoms with van der Waals surface area (Å²) in [5.41, 5.74) is 3.69. The largest absolute Gasteiger partial charge is 0.371 e. The summed E-state index contributed by atoms with van der Waals surface area (Å²) in [7, 11) is 2.17. The van der Waals surface area contributed by atoms with Crippen LogP contribution in [0.1, 0.15) is 17.1 Å². The monoisotopic (exact) mass is 321 g/mol. The second-order valence-electron chi connectivity index (χ2n) is 5.37. The van der Waals surface area contributed by atoms with Crippen LogP contribution < -0.4 is 9.80 Å². The van der Waals surface area contributed by atoms with Crippen LogP contribution in [-0.4, -0.2) is 31.7 Å². The van der Waals surface area contributed by atoms with E-state index in [2.05, 4.69) is 51.5 Å². The molecular formula is C16H20ClN3S. The van der Waals surface area contributed by atoms with E-state index in [9.17, 15) is 0 Å². The van der Waals surface area contributed by atoms with Gasteiger partial charge in [0.15, 0.2) is 0 Å². The molecule has 3 nitrogen and oxygen atoms in total. The minimum absolute atomic E-state index is 0.516. The van der Waals surface area contributed by atoms with Crippen molar-refractivity contribution >= 4 is 34.3 Å². The van der Waals surface area contributed by atoms with Crippen molar-refractivity contribution < 1.29 is 0 Å². The summed E-state index contributed by atoms with van der Waals surface area (Å²) in [4.78, 5) is 9.35. The van der Waals surface area contributed by atoms with E-state index in [0.29, 0.717) is 5.88 Å². The fourth-order valence-electron chi connectivity index (χ4n) is 2.74. The predicted octanol–water partition coefficient (Wildman–Crippen LogP) is 3.77. The van der Waals surface area contributed by atoms with Crippen molar-refractivity contribution in [2.24, 2.45) is 0 Å². The van der Waals surface area contributed by atoms with Gasteiger partial charge in [0.2, 0.25) is 0 Å². The van der Waals surface area contributed by atoms with Crippen LogP contribution in [0.15, 0.2) is 29.6 Å². The molecule has 2 heterocycles. The molecule has 21 heavy (non-hydrogen) atoms. The average Bonchev–Trinajstić information content (AvgIpc) is 2.98. The summed E-state index contributed by atoms with van der Waals surface area (Å²) in [6, 6.07) is 8.66. The third-order valence-electron chi connectivity index (χ3n) is 3.89. The lowest BCUT2D eigenvalue weighted by Crippen LogP contribution is -2.39. The van der Waals surface area contributed by atoms with E-state index in [-0.39, 0.29) is 0 Å². The Hall–Kier alpha value is -1.26. The molecule has 1 aromatic heterocycles. The highest BCUT2D eigenvalue weighted by Gasteiger charge is 2.19. The van der Waals surface area contributed by atoms with Crippen LogP contribution in [0.2, 0.25) is 0 Å². The third-order valence-corrected chi connectivity index (χ3v) is 5.13. The van der Waals surface area contributed by atoms with Crippen molar-refractivity contribution in [2.45, 2.75) is 18.7 Å². The quantitative estimate of drug-likeness (QED) is 0.781. The Morgan fingerprint density at radius 1 is 1.24 bits per heavy atom. The molecule has 0 spiro atoms. The summed E-state index contributed by atoms with van der Waals surface area (Å²) >= 11 is 7.52. The van der Waals surface area contributed by atoms with Crippen molar-refractivity contribution in [2.75, 3.05) is 36.5 Å². The molecule has 2 aromatic rings. The van der Waals surface area contributed by atoms with Gasteiger partial charge in [0.25, 0.3) is 0 Å². The zero-order valence-electron chi connectivity index (χ0n) is 12.3. The zero-order valence-corrected chi connectivity index (χ0v) is 13.8. The maximum Gasteiger partial charge on any atom is 0.0929 e. The minimum Gasteiger partial charge on any atom is -0.371 e. The first-order chi connectivity index (χ1) is 10.3. The number of benzene rings is 1. The fraction of sp³-hybridized carbons (Fsp3) is 0.438. The average molecular weight is 322 g/mol. The van der Waals surface area contributed by atoms with E-state index >= 15 is 0 Å². The number of fused-ring (bicyclic) bond motifs is 1. The first-order valence-electron chi connectivity index (χ1n) is 7.32. The number of likely N-dealkylation sites (N-methyl/N-ethyl adjacent to an activating group) is 1. The second-order valence-corrected chi connectivity index (χ2v) is 6.58. The van der Waals surface area contributed by atoms with E-state index in [1.54, 1.807) is 11.3 Å². The summed E-state index contributed by atoms with van der Waals surface area (Å²) in [6.07, 6.45) is 2.17. The number of halogens is 1.